The lowest BCUT2D eigenvalue weighted by molar-refractivity contribution is -0.114. The van der Waals surface area contributed by atoms with Gasteiger partial charge in [0.2, 0.25) is 11.7 Å². The number of rotatable bonds is 5. The SMILES string of the molecule is CC(=O)Nc1ccc(C(=O)O[C@H](C)C(=O)c2ccc3c(c2)CCC3)cc1. The van der Waals surface area contributed by atoms with Gasteiger partial charge in [0.05, 0.1) is 5.56 Å². The highest BCUT2D eigenvalue weighted by Gasteiger charge is 2.22. The van der Waals surface area contributed by atoms with E-state index in [2.05, 4.69) is 5.32 Å². The van der Waals surface area contributed by atoms with E-state index in [1.165, 1.54) is 18.1 Å². The molecule has 2 aromatic rings. The summed E-state index contributed by atoms with van der Waals surface area (Å²) in [6.45, 7) is 2.99. The van der Waals surface area contributed by atoms with Gasteiger partial charge in [0, 0.05) is 18.2 Å². The number of aryl methyl sites for hydroxylation is 2. The van der Waals surface area contributed by atoms with Crippen LogP contribution in [0.15, 0.2) is 42.5 Å². The van der Waals surface area contributed by atoms with Gasteiger partial charge >= 0.3 is 5.97 Å². The number of fused-ring (bicyclic) bond motifs is 1. The van der Waals surface area contributed by atoms with E-state index in [-0.39, 0.29) is 11.7 Å². The highest BCUT2D eigenvalue weighted by Crippen LogP contribution is 2.23. The number of esters is 1. The quantitative estimate of drug-likeness (QED) is 0.660. The first-order valence-electron chi connectivity index (χ1n) is 8.68. The van der Waals surface area contributed by atoms with Gasteiger partial charge in [-0.25, -0.2) is 4.79 Å². The average molecular weight is 351 g/mol. The first-order chi connectivity index (χ1) is 12.4. The third kappa shape index (κ3) is 3.99. The fourth-order valence-corrected chi connectivity index (χ4v) is 3.13. The van der Waals surface area contributed by atoms with Crippen molar-refractivity contribution in [3.8, 4) is 0 Å². The Morgan fingerprint density at radius 3 is 2.31 bits per heavy atom. The number of nitrogens with one attached hydrogen (secondary N) is 1. The number of hydrogen-bond acceptors (Lipinski definition) is 4. The van der Waals surface area contributed by atoms with Crippen molar-refractivity contribution in [1.29, 1.82) is 0 Å². The molecule has 2 aromatic carbocycles. The zero-order valence-corrected chi connectivity index (χ0v) is 14.9. The van der Waals surface area contributed by atoms with Gasteiger partial charge in [-0.1, -0.05) is 12.1 Å². The number of carbonyl (C=O) groups is 3. The molecule has 0 saturated carbocycles. The summed E-state index contributed by atoms with van der Waals surface area (Å²) in [6.07, 6.45) is 2.30. The monoisotopic (exact) mass is 351 g/mol. The van der Waals surface area contributed by atoms with Gasteiger partial charge in [0.15, 0.2) is 6.10 Å². The molecule has 0 bridgehead atoms. The van der Waals surface area contributed by atoms with Crippen LogP contribution in [0.5, 0.6) is 0 Å². The van der Waals surface area contributed by atoms with Crippen LogP contribution in [0, 0.1) is 0 Å². The van der Waals surface area contributed by atoms with E-state index in [4.69, 9.17) is 4.74 Å². The molecule has 0 saturated heterocycles. The number of benzene rings is 2. The molecule has 0 aliphatic heterocycles. The lowest BCUT2D eigenvalue weighted by atomic mass is 10.0. The van der Waals surface area contributed by atoms with E-state index < -0.39 is 12.1 Å². The number of Topliss-reactive ketones (excluding diaryl/α,β-unsaturated/α-hetero) is 1. The Labute approximate surface area is 152 Å². The van der Waals surface area contributed by atoms with Crippen molar-refractivity contribution in [2.75, 3.05) is 5.32 Å². The molecule has 26 heavy (non-hydrogen) atoms. The smallest absolute Gasteiger partial charge is 0.338 e. The summed E-state index contributed by atoms with van der Waals surface area (Å²) in [5.41, 5.74) is 4.00. The van der Waals surface area contributed by atoms with E-state index in [1.807, 2.05) is 12.1 Å². The van der Waals surface area contributed by atoms with E-state index >= 15 is 0 Å². The first kappa shape index (κ1) is 17.9. The van der Waals surface area contributed by atoms with Crippen LogP contribution < -0.4 is 5.32 Å². The molecule has 5 nitrogen and oxygen atoms in total. The Morgan fingerprint density at radius 1 is 0.962 bits per heavy atom. The van der Waals surface area contributed by atoms with E-state index in [1.54, 1.807) is 37.3 Å². The van der Waals surface area contributed by atoms with Crippen LogP contribution in [0.2, 0.25) is 0 Å². The molecule has 134 valence electrons. The second-order valence-corrected chi connectivity index (χ2v) is 6.51. The van der Waals surface area contributed by atoms with Crippen molar-refractivity contribution >= 4 is 23.3 Å². The molecule has 0 unspecified atom stereocenters. The summed E-state index contributed by atoms with van der Waals surface area (Å²) in [4.78, 5) is 35.8. The van der Waals surface area contributed by atoms with Crippen LogP contribution in [0.25, 0.3) is 0 Å². The highest BCUT2D eigenvalue weighted by molar-refractivity contribution is 6.01. The molecule has 0 radical (unpaired) electrons. The van der Waals surface area contributed by atoms with Gasteiger partial charge in [-0.2, -0.15) is 0 Å². The number of amides is 1. The van der Waals surface area contributed by atoms with Crippen molar-refractivity contribution < 1.29 is 19.1 Å². The Kier molecular flexibility index (Phi) is 5.16. The van der Waals surface area contributed by atoms with Crippen LogP contribution in [0.4, 0.5) is 5.69 Å². The van der Waals surface area contributed by atoms with Gasteiger partial charge in [0.1, 0.15) is 0 Å². The van der Waals surface area contributed by atoms with Gasteiger partial charge < -0.3 is 10.1 Å². The third-order valence-electron chi connectivity index (χ3n) is 4.48. The lowest BCUT2D eigenvalue weighted by Gasteiger charge is -2.13. The highest BCUT2D eigenvalue weighted by atomic mass is 16.5. The fraction of sp³-hybridized carbons (Fsp3) is 0.286. The summed E-state index contributed by atoms with van der Waals surface area (Å²) in [5, 5.41) is 2.63. The molecular weight excluding hydrogens is 330 g/mol. The predicted octanol–water partition coefficient (Wildman–Crippen LogP) is 3.56. The standard InChI is InChI=1S/C21H21NO4/c1-13(20(24)18-7-6-15-4-3-5-17(15)12-18)26-21(25)16-8-10-19(11-9-16)22-14(2)23/h6-13H,3-5H2,1-2H3,(H,22,23)/t13-/m1/s1. The third-order valence-corrected chi connectivity index (χ3v) is 4.48. The summed E-state index contributed by atoms with van der Waals surface area (Å²) in [6, 6.07) is 12.1. The number of hydrogen-bond donors (Lipinski definition) is 1. The summed E-state index contributed by atoms with van der Waals surface area (Å²) in [5.74, 6) is -0.960. The summed E-state index contributed by atoms with van der Waals surface area (Å²) < 4.78 is 5.32. The zero-order chi connectivity index (χ0) is 18.7. The molecule has 1 aliphatic rings. The maximum atomic E-state index is 12.6. The van der Waals surface area contributed by atoms with Crippen molar-refractivity contribution in [3.05, 3.63) is 64.7 Å². The van der Waals surface area contributed by atoms with Crippen LogP contribution in [0.1, 0.15) is 52.1 Å². The first-order valence-corrected chi connectivity index (χ1v) is 8.68. The molecule has 1 amide bonds. The maximum absolute atomic E-state index is 12.6. The Balaban J connectivity index is 1.65. The number of ether oxygens (including phenoxy) is 1. The van der Waals surface area contributed by atoms with E-state index in [0.29, 0.717) is 16.8 Å². The Bertz CT molecular complexity index is 855. The van der Waals surface area contributed by atoms with Crippen LogP contribution in [0.3, 0.4) is 0 Å². The molecule has 1 atom stereocenters. The van der Waals surface area contributed by atoms with Crippen molar-refractivity contribution in [1.82, 2.24) is 0 Å². The van der Waals surface area contributed by atoms with Gasteiger partial charge in [-0.3, -0.25) is 9.59 Å². The van der Waals surface area contributed by atoms with Crippen molar-refractivity contribution in [2.45, 2.75) is 39.2 Å². The normalized spacial score (nSPS) is 13.6. The molecule has 0 fully saturated rings. The van der Waals surface area contributed by atoms with Gasteiger partial charge in [0.25, 0.3) is 0 Å². The predicted molar refractivity (Wildman–Crippen MR) is 98.4 cm³/mol. The Hall–Kier alpha value is -2.95. The fourth-order valence-electron chi connectivity index (χ4n) is 3.13. The number of anilines is 1. The molecule has 0 heterocycles. The van der Waals surface area contributed by atoms with Gasteiger partial charge in [-0.05, 0) is 67.6 Å². The molecular formula is C21H21NO4. The zero-order valence-electron chi connectivity index (χ0n) is 14.9. The topological polar surface area (TPSA) is 72.5 Å². The molecule has 0 aromatic heterocycles. The second-order valence-electron chi connectivity index (χ2n) is 6.51. The minimum atomic E-state index is -0.864. The van der Waals surface area contributed by atoms with Crippen LogP contribution in [-0.2, 0) is 22.4 Å². The van der Waals surface area contributed by atoms with E-state index in [0.717, 1.165) is 19.3 Å². The maximum Gasteiger partial charge on any atom is 0.338 e. The van der Waals surface area contributed by atoms with Gasteiger partial charge in [-0.15, -0.1) is 0 Å². The minimum absolute atomic E-state index is 0.186. The van der Waals surface area contributed by atoms with Crippen molar-refractivity contribution in [3.63, 3.8) is 0 Å². The van der Waals surface area contributed by atoms with Crippen LogP contribution >= 0.6 is 0 Å². The number of carbonyl (C=O) groups excluding carboxylic acids is 3. The molecule has 1 aliphatic carbocycles. The molecule has 0 spiro atoms. The molecule has 1 N–H and O–H groups in total. The van der Waals surface area contributed by atoms with Crippen LogP contribution in [-0.4, -0.2) is 23.8 Å². The summed E-state index contributed by atoms with van der Waals surface area (Å²) in [7, 11) is 0. The molecule has 3 rings (SSSR count). The lowest BCUT2D eigenvalue weighted by Crippen LogP contribution is -2.24. The largest absolute Gasteiger partial charge is 0.451 e. The number of ketones is 1. The molecule has 5 heteroatoms. The second kappa shape index (κ2) is 7.52. The summed E-state index contributed by atoms with van der Waals surface area (Å²) >= 11 is 0. The minimum Gasteiger partial charge on any atom is -0.451 e. The average Bonchev–Trinajstić information content (AvgIpc) is 3.08. The van der Waals surface area contributed by atoms with E-state index in [9.17, 15) is 14.4 Å². The van der Waals surface area contributed by atoms with Crippen molar-refractivity contribution in [2.24, 2.45) is 0 Å². The Morgan fingerprint density at radius 2 is 1.62 bits per heavy atom.